The molecule has 186 valence electrons. The Labute approximate surface area is 200 Å². The maximum atomic E-state index is 12.7. The highest BCUT2D eigenvalue weighted by molar-refractivity contribution is 7.92. The minimum Gasteiger partial charge on any atom is -0.481 e. The topological polar surface area (TPSA) is 180 Å². The molecule has 3 aromatic rings. The summed E-state index contributed by atoms with van der Waals surface area (Å²) in [4.78, 5) is 30.7. The van der Waals surface area contributed by atoms with E-state index in [1.807, 2.05) is 0 Å². The van der Waals surface area contributed by atoms with Crippen molar-refractivity contribution in [1.29, 1.82) is 0 Å². The number of carbonyl (C=O) groups excluding carboxylic acids is 1. The van der Waals surface area contributed by atoms with Gasteiger partial charge in [-0.2, -0.15) is 15.1 Å². The molecule has 2 aromatic heterocycles. The summed E-state index contributed by atoms with van der Waals surface area (Å²) in [6.45, 7) is 3.25. The molecule has 0 aliphatic rings. The summed E-state index contributed by atoms with van der Waals surface area (Å²) >= 11 is 0. The zero-order chi connectivity index (χ0) is 25.8. The third-order valence-corrected chi connectivity index (χ3v) is 6.21. The lowest BCUT2D eigenvalue weighted by atomic mass is 10.3. The molecule has 0 saturated heterocycles. The van der Waals surface area contributed by atoms with Gasteiger partial charge in [-0.25, -0.2) is 8.42 Å². The Kier molecular flexibility index (Phi) is 7.49. The van der Waals surface area contributed by atoms with E-state index in [4.69, 9.17) is 9.47 Å². The van der Waals surface area contributed by atoms with E-state index in [9.17, 15) is 23.3 Å². The molecule has 0 fully saturated rings. The zero-order valence-corrected chi connectivity index (χ0v) is 20.1. The number of aryl methyl sites for hydroxylation is 2. The van der Waals surface area contributed by atoms with Crippen molar-refractivity contribution in [3.05, 3.63) is 51.8 Å². The minimum absolute atomic E-state index is 0.0120. The highest BCUT2D eigenvalue weighted by Gasteiger charge is 2.22. The van der Waals surface area contributed by atoms with Crippen LogP contribution in [0.25, 0.3) is 0 Å². The lowest BCUT2D eigenvalue weighted by molar-refractivity contribution is -0.386. The summed E-state index contributed by atoms with van der Waals surface area (Å²) in [6.07, 6.45) is 0.0120. The Morgan fingerprint density at radius 2 is 1.83 bits per heavy atom. The SMILES string of the molecule is COc1cc(NS(=O)(=O)c2ccc(NC(=O)CCn3nc(C)c([N+](=O)[O-])c3C)cc2)nc(OC)n1. The van der Waals surface area contributed by atoms with E-state index >= 15 is 0 Å². The Hall–Kier alpha value is -4.27. The standard InChI is InChI=1S/C20H23N7O7S/c1-12-19(27(29)30)13(2)26(24-12)10-9-17(28)21-14-5-7-15(8-6-14)35(31,32)25-16-11-18(33-3)23-20(22-16)34-4/h5-8,11H,9-10H2,1-4H3,(H,21,28)(H,22,23,25). The quantitative estimate of drug-likeness (QED) is 0.306. The van der Waals surface area contributed by atoms with Crippen LogP contribution in [0.3, 0.4) is 0 Å². The molecule has 0 atom stereocenters. The van der Waals surface area contributed by atoms with Crippen LogP contribution in [0, 0.1) is 24.0 Å². The molecule has 0 aliphatic heterocycles. The van der Waals surface area contributed by atoms with Gasteiger partial charge >= 0.3 is 11.7 Å². The normalized spacial score (nSPS) is 11.1. The highest BCUT2D eigenvalue weighted by Crippen LogP contribution is 2.23. The molecular weight excluding hydrogens is 482 g/mol. The van der Waals surface area contributed by atoms with Gasteiger partial charge in [-0.15, -0.1) is 0 Å². The van der Waals surface area contributed by atoms with Gasteiger partial charge in [0.2, 0.25) is 11.8 Å². The average Bonchev–Trinajstić information content (AvgIpc) is 3.10. The number of benzene rings is 1. The summed E-state index contributed by atoms with van der Waals surface area (Å²) in [7, 11) is -1.30. The number of nitrogens with one attached hydrogen (secondary N) is 2. The van der Waals surface area contributed by atoms with Crippen molar-refractivity contribution < 1.29 is 27.6 Å². The third-order valence-electron chi connectivity index (χ3n) is 4.84. The maximum Gasteiger partial charge on any atom is 0.321 e. The molecule has 0 spiro atoms. The van der Waals surface area contributed by atoms with Crippen LogP contribution in [-0.4, -0.2) is 53.2 Å². The van der Waals surface area contributed by atoms with Crippen molar-refractivity contribution in [2.45, 2.75) is 31.7 Å². The number of methoxy groups -OCH3 is 2. The molecule has 35 heavy (non-hydrogen) atoms. The molecule has 2 N–H and O–H groups in total. The molecule has 0 saturated carbocycles. The van der Waals surface area contributed by atoms with Gasteiger partial charge in [-0.05, 0) is 38.1 Å². The molecule has 1 aromatic carbocycles. The van der Waals surface area contributed by atoms with Gasteiger partial charge in [0.05, 0.1) is 30.6 Å². The molecule has 0 aliphatic carbocycles. The van der Waals surface area contributed by atoms with Crippen molar-refractivity contribution in [3.63, 3.8) is 0 Å². The third kappa shape index (κ3) is 6.00. The van der Waals surface area contributed by atoms with Crippen LogP contribution in [0.15, 0.2) is 35.2 Å². The van der Waals surface area contributed by atoms with Gasteiger partial charge in [0, 0.05) is 18.2 Å². The number of hydrogen-bond acceptors (Lipinski definition) is 10. The van der Waals surface area contributed by atoms with Crippen molar-refractivity contribution >= 4 is 33.1 Å². The minimum atomic E-state index is -4.00. The first-order valence-electron chi connectivity index (χ1n) is 10.1. The predicted molar refractivity (Wildman–Crippen MR) is 124 cm³/mol. The predicted octanol–water partition coefficient (Wildman–Crippen LogP) is 2.04. The first-order chi connectivity index (χ1) is 16.5. The fourth-order valence-electron chi connectivity index (χ4n) is 3.17. The van der Waals surface area contributed by atoms with Crippen molar-refractivity contribution in [3.8, 4) is 11.9 Å². The maximum absolute atomic E-state index is 12.7. The number of hydrogen-bond donors (Lipinski definition) is 2. The number of anilines is 2. The summed E-state index contributed by atoms with van der Waals surface area (Å²) in [5.74, 6) is -0.299. The molecule has 0 radical (unpaired) electrons. The zero-order valence-electron chi connectivity index (χ0n) is 19.3. The molecule has 1 amide bonds. The van der Waals surface area contributed by atoms with E-state index in [1.165, 1.54) is 56.2 Å². The Morgan fingerprint density at radius 3 is 2.40 bits per heavy atom. The van der Waals surface area contributed by atoms with Gasteiger partial charge in [0.1, 0.15) is 11.4 Å². The van der Waals surface area contributed by atoms with E-state index in [0.29, 0.717) is 11.4 Å². The molecule has 15 heteroatoms. The van der Waals surface area contributed by atoms with Crippen LogP contribution >= 0.6 is 0 Å². The second-order valence-electron chi connectivity index (χ2n) is 7.21. The Balaban J connectivity index is 1.64. The number of nitrogens with zero attached hydrogens (tertiary/aromatic N) is 5. The van der Waals surface area contributed by atoms with E-state index in [2.05, 4.69) is 25.1 Å². The van der Waals surface area contributed by atoms with Gasteiger partial charge in [-0.3, -0.25) is 24.3 Å². The first kappa shape index (κ1) is 25.4. The second-order valence-corrected chi connectivity index (χ2v) is 8.89. The van der Waals surface area contributed by atoms with Crippen LogP contribution in [0.5, 0.6) is 11.9 Å². The smallest absolute Gasteiger partial charge is 0.321 e. The highest BCUT2D eigenvalue weighted by atomic mass is 32.2. The molecular formula is C20H23N7O7S. The number of rotatable bonds is 10. The molecule has 0 unspecified atom stereocenters. The summed E-state index contributed by atoms with van der Waals surface area (Å²) in [5.41, 5.74) is 0.937. The largest absolute Gasteiger partial charge is 0.481 e. The van der Waals surface area contributed by atoms with E-state index in [0.717, 1.165) is 0 Å². The second kappa shape index (κ2) is 10.3. The summed E-state index contributed by atoms with van der Waals surface area (Å²) in [5, 5.41) is 17.9. The first-order valence-corrected chi connectivity index (χ1v) is 11.6. The number of aromatic nitrogens is 4. The van der Waals surface area contributed by atoms with E-state index in [-0.39, 0.29) is 52.9 Å². The molecule has 3 rings (SSSR count). The van der Waals surface area contributed by atoms with Crippen LogP contribution < -0.4 is 19.5 Å². The van der Waals surface area contributed by atoms with Gasteiger partial charge in [0.25, 0.3) is 10.0 Å². The van der Waals surface area contributed by atoms with Gasteiger partial charge in [-0.1, -0.05) is 0 Å². The number of ether oxygens (including phenoxy) is 2. The average molecular weight is 506 g/mol. The van der Waals surface area contributed by atoms with Crippen LogP contribution in [0.2, 0.25) is 0 Å². The summed E-state index contributed by atoms with van der Waals surface area (Å²) < 4.78 is 39.1. The van der Waals surface area contributed by atoms with Crippen LogP contribution in [-0.2, 0) is 21.4 Å². The van der Waals surface area contributed by atoms with Crippen LogP contribution in [0.1, 0.15) is 17.8 Å². The number of nitro groups is 1. The number of carbonyl (C=O) groups is 1. The fourth-order valence-corrected chi connectivity index (χ4v) is 4.16. The van der Waals surface area contributed by atoms with E-state index < -0.39 is 14.9 Å². The lowest BCUT2D eigenvalue weighted by Gasteiger charge is -2.10. The number of amides is 1. The monoisotopic (exact) mass is 505 g/mol. The Morgan fingerprint density at radius 1 is 1.14 bits per heavy atom. The Bertz CT molecular complexity index is 1330. The fraction of sp³-hybridized carbons (Fsp3) is 0.300. The van der Waals surface area contributed by atoms with Gasteiger partial charge < -0.3 is 14.8 Å². The van der Waals surface area contributed by atoms with Crippen molar-refractivity contribution in [2.24, 2.45) is 0 Å². The molecule has 2 heterocycles. The van der Waals surface area contributed by atoms with Crippen LogP contribution in [0.4, 0.5) is 17.2 Å². The lowest BCUT2D eigenvalue weighted by Crippen LogP contribution is -2.16. The number of sulfonamides is 1. The van der Waals surface area contributed by atoms with E-state index in [1.54, 1.807) is 6.92 Å². The summed E-state index contributed by atoms with van der Waals surface area (Å²) in [6, 6.07) is 6.72. The van der Waals surface area contributed by atoms with Crippen molar-refractivity contribution in [2.75, 3.05) is 24.3 Å². The van der Waals surface area contributed by atoms with Gasteiger partial charge in [0.15, 0.2) is 5.82 Å². The molecule has 0 bridgehead atoms. The molecule has 14 nitrogen and oxygen atoms in total. The van der Waals surface area contributed by atoms with Crippen molar-refractivity contribution in [1.82, 2.24) is 19.7 Å².